The predicted octanol–water partition coefficient (Wildman–Crippen LogP) is 0.734. The van der Waals surface area contributed by atoms with E-state index in [1.54, 1.807) is 0 Å². The van der Waals surface area contributed by atoms with Crippen molar-refractivity contribution < 1.29 is 14.6 Å². The molecule has 3 heteroatoms. The lowest BCUT2D eigenvalue weighted by molar-refractivity contribution is -0.150. The Morgan fingerprint density at radius 2 is 2.31 bits per heavy atom. The van der Waals surface area contributed by atoms with E-state index in [4.69, 9.17) is 9.84 Å². The summed E-state index contributed by atoms with van der Waals surface area (Å²) in [6.45, 7) is 0.0544. The van der Waals surface area contributed by atoms with Crippen LogP contribution in [0.3, 0.4) is 0 Å². The Balaban J connectivity index is 1.88. The zero-order chi connectivity index (χ0) is 9.26. The predicted molar refractivity (Wildman–Crippen MR) is 46.9 cm³/mol. The maximum absolute atomic E-state index is 11.4. The van der Waals surface area contributed by atoms with Gasteiger partial charge in [0.05, 0.1) is 12.5 Å². The van der Waals surface area contributed by atoms with Crippen LogP contribution in [0.25, 0.3) is 0 Å². The molecule has 13 heavy (non-hydrogen) atoms. The highest BCUT2D eigenvalue weighted by atomic mass is 16.5. The summed E-state index contributed by atoms with van der Waals surface area (Å²) in [6, 6.07) is 0. The van der Waals surface area contributed by atoms with Crippen LogP contribution in [0.4, 0.5) is 0 Å². The zero-order valence-corrected chi connectivity index (χ0v) is 7.48. The van der Waals surface area contributed by atoms with E-state index < -0.39 is 0 Å². The maximum Gasteiger partial charge on any atom is 0.309 e. The molecule has 0 unspecified atom stereocenters. The number of fused-ring (bicyclic) bond motifs is 2. The summed E-state index contributed by atoms with van der Waals surface area (Å²) in [7, 11) is 0. The first-order valence-electron chi connectivity index (χ1n) is 4.77. The van der Waals surface area contributed by atoms with Gasteiger partial charge in [-0.3, -0.25) is 4.79 Å². The molecule has 0 heterocycles. The number of aliphatic hydroxyl groups excluding tert-OH is 1. The Hall–Kier alpha value is -0.830. The summed E-state index contributed by atoms with van der Waals surface area (Å²) < 4.78 is 4.90. The molecule has 1 saturated carbocycles. The smallest absolute Gasteiger partial charge is 0.309 e. The zero-order valence-electron chi connectivity index (χ0n) is 7.48. The van der Waals surface area contributed by atoms with Crippen LogP contribution >= 0.6 is 0 Å². The van der Waals surface area contributed by atoms with E-state index in [2.05, 4.69) is 12.2 Å². The molecule has 3 nitrogen and oxygen atoms in total. The molecule has 0 saturated heterocycles. The summed E-state index contributed by atoms with van der Waals surface area (Å²) >= 11 is 0. The van der Waals surface area contributed by atoms with Gasteiger partial charge in [0.2, 0.25) is 0 Å². The van der Waals surface area contributed by atoms with Gasteiger partial charge >= 0.3 is 5.97 Å². The SMILES string of the molecule is O=C(OCCO)[C@@H]1C[C@H]2C=C[C@H]1C2. The fourth-order valence-corrected chi connectivity index (χ4v) is 2.31. The number of esters is 1. The molecular weight excluding hydrogens is 168 g/mol. The van der Waals surface area contributed by atoms with Gasteiger partial charge in [-0.25, -0.2) is 0 Å². The Kier molecular flexibility index (Phi) is 2.36. The molecule has 0 aromatic carbocycles. The van der Waals surface area contributed by atoms with Crippen molar-refractivity contribution in [2.75, 3.05) is 13.2 Å². The molecule has 0 aromatic heterocycles. The largest absolute Gasteiger partial charge is 0.463 e. The minimum Gasteiger partial charge on any atom is -0.463 e. The van der Waals surface area contributed by atoms with Crippen LogP contribution in [-0.2, 0) is 9.53 Å². The quantitative estimate of drug-likeness (QED) is 0.517. The van der Waals surface area contributed by atoms with Crippen LogP contribution < -0.4 is 0 Å². The summed E-state index contributed by atoms with van der Waals surface area (Å²) in [4.78, 5) is 11.4. The monoisotopic (exact) mass is 182 g/mol. The highest BCUT2D eigenvalue weighted by Crippen LogP contribution is 2.43. The van der Waals surface area contributed by atoms with Gasteiger partial charge in [-0.2, -0.15) is 0 Å². The molecule has 2 aliphatic rings. The number of carbonyl (C=O) groups excluding carboxylic acids is 1. The Morgan fingerprint density at radius 1 is 1.46 bits per heavy atom. The van der Waals surface area contributed by atoms with E-state index in [0.717, 1.165) is 12.8 Å². The summed E-state index contributed by atoms with van der Waals surface area (Å²) in [5, 5.41) is 8.50. The fraction of sp³-hybridized carbons (Fsp3) is 0.700. The van der Waals surface area contributed by atoms with Gasteiger partial charge in [0, 0.05) is 0 Å². The van der Waals surface area contributed by atoms with Crippen LogP contribution in [0.2, 0.25) is 0 Å². The highest BCUT2D eigenvalue weighted by Gasteiger charge is 2.40. The standard InChI is InChI=1S/C10H14O3/c11-3-4-13-10(12)9-6-7-1-2-8(9)5-7/h1-2,7-9,11H,3-6H2/t7-,8-,9+/m0/s1. The van der Waals surface area contributed by atoms with E-state index in [0.29, 0.717) is 11.8 Å². The minimum absolute atomic E-state index is 0.0570. The molecule has 72 valence electrons. The topological polar surface area (TPSA) is 46.5 Å². The van der Waals surface area contributed by atoms with Crippen LogP contribution in [0.15, 0.2) is 12.2 Å². The molecule has 3 atom stereocenters. The molecular formula is C10H14O3. The second-order valence-corrected chi connectivity index (χ2v) is 3.78. The first-order chi connectivity index (χ1) is 6.31. The van der Waals surface area contributed by atoms with Crippen LogP contribution in [0.1, 0.15) is 12.8 Å². The van der Waals surface area contributed by atoms with Crippen LogP contribution in [0, 0.1) is 17.8 Å². The van der Waals surface area contributed by atoms with Crippen molar-refractivity contribution in [1.29, 1.82) is 0 Å². The first-order valence-corrected chi connectivity index (χ1v) is 4.77. The molecule has 1 fully saturated rings. The average molecular weight is 182 g/mol. The molecule has 2 rings (SSSR count). The summed E-state index contributed by atoms with van der Waals surface area (Å²) in [6.07, 6.45) is 6.36. The van der Waals surface area contributed by atoms with Crippen molar-refractivity contribution in [3.8, 4) is 0 Å². The third kappa shape index (κ3) is 1.61. The number of carbonyl (C=O) groups is 1. The van der Waals surface area contributed by atoms with Crippen LogP contribution in [0.5, 0.6) is 0 Å². The number of aliphatic hydroxyl groups is 1. The number of ether oxygens (including phenoxy) is 1. The van der Waals surface area contributed by atoms with E-state index in [1.807, 2.05) is 0 Å². The normalized spacial score (nSPS) is 35.3. The summed E-state index contributed by atoms with van der Waals surface area (Å²) in [5.41, 5.74) is 0. The highest BCUT2D eigenvalue weighted by molar-refractivity contribution is 5.74. The van der Waals surface area contributed by atoms with Gasteiger partial charge in [0.1, 0.15) is 6.61 Å². The van der Waals surface area contributed by atoms with Gasteiger partial charge in [-0.05, 0) is 24.7 Å². The number of hydrogen-bond acceptors (Lipinski definition) is 3. The van der Waals surface area contributed by atoms with Crippen molar-refractivity contribution in [3.05, 3.63) is 12.2 Å². The van der Waals surface area contributed by atoms with Crippen molar-refractivity contribution in [3.63, 3.8) is 0 Å². The molecule has 0 aliphatic heterocycles. The van der Waals surface area contributed by atoms with Gasteiger partial charge in [0.15, 0.2) is 0 Å². The van der Waals surface area contributed by atoms with E-state index in [9.17, 15) is 4.79 Å². The minimum atomic E-state index is -0.133. The molecule has 0 radical (unpaired) electrons. The fourth-order valence-electron chi connectivity index (χ4n) is 2.31. The van der Waals surface area contributed by atoms with Crippen molar-refractivity contribution in [2.45, 2.75) is 12.8 Å². The van der Waals surface area contributed by atoms with Gasteiger partial charge in [-0.1, -0.05) is 12.2 Å². The number of hydrogen-bond donors (Lipinski definition) is 1. The van der Waals surface area contributed by atoms with Crippen molar-refractivity contribution >= 4 is 5.97 Å². The molecule has 0 aromatic rings. The lowest BCUT2D eigenvalue weighted by Crippen LogP contribution is -2.22. The van der Waals surface area contributed by atoms with E-state index in [1.165, 1.54) is 0 Å². The van der Waals surface area contributed by atoms with E-state index in [-0.39, 0.29) is 25.1 Å². The van der Waals surface area contributed by atoms with Crippen molar-refractivity contribution in [2.24, 2.45) is 17.8 Å². The maximum atomic E-state index is 11.4. The molecule has 0 spiro atoms. The number of allylic oxidation sites excluding steroid dienone is 2. The van der Waals surface area contributed by atoms with Gasteiger partial charge < -0.3 is 9.84 Å². The second-order valence-electron chi connectivity index (χ2n) is 3.78. The van der Waals surface area contributed by atoms with Crippen LogP contribution in [-0.4, -0.2) is 24.3 Å². The Labute approximate surface area is 77.4 Å². The second kappa shape index (κ2) is 3.50. The lowest BCUT2D eigenvalue weighted by atomic mass is 9.94. The summed E-state index contributed by atoms with van der Waals surface area (Å²) in [5.74, 6) is 0.917. The number of rotatable bonds is 3. The molecule has 2 aliphatic carbocycles. The third-order valence-corrected chi connectivity index (χ3v) is 2.92. The Bertz CT molecular complexity index is 234. The average Bonchev–Trinajstić information content (AvgIpc) is 2.74. The Morgan fingerprint density at radius 3 is 2.85 bits per heavy atom. The van der Waals surface area contributed by atoms with Gasteiger partial charge in [0.25, 0.3) is 0 Å². The lowest BCUT2D eigenvalue weighted by Gasteiger charge is -2.15. The molecule has 2 bridgehead atoms. The first kappa shape index (κ1) is 8.75. The molecule has 0 amide bonds. The van der Waals surface area contributed by atoms with Gasteiger partial charge in [-0.15, -0.1) is 0 Å². The third-order valence-electron chi connectivity index (χ3n) is 2.92. The van der Waals surface area contributed by atoms with Crippen molar-refractivity contribution in [1.82, 2.24) is 0 Å². The van der Waals surface area contributed by atoms with E-state index >= 15 is 0 Å². The molecule has 1 N–H and O–H groups in total.